The first kappa shape index (κ1) is 50.7. The number of hydrogen-bond acceptors (Lipinski definition) is 6. The van der Waals surface area contributed by atoms with Gasteiger partial charge in [-0.1, -0.05) is 142 Å². The fourth-order valence-corrected chi connectivity index (χ4v) is 4.92. The second kappa shape index (κ2) is 36.7. The Balaban J connectivity index is 4.64. The molecule has 1 N–H and O–H groups in total. The predicted octanol–water partition coefficient (Wildman–Crippen LogP) is 10.7. The molecule has 0 aliphatic carbocycles. The van der Waals surface area contributed by atoms with E-state index >= 15 is 0 Å². The molecule has 0 aromatic carbocycles. The van der Waals surface area contributed by atoms with Crippen LogP contribution in [0.4, 0.5) is 0 Å². The lowest BCUT2D eigenvalue weighted by Gasteiger charge is -2.31. The number of quaternary nitrogens is 1. The largest absolute Gasteiger partial charge is 0.477 e. The van der Waals surface area contributed by atoms with Gasteiger partial charge < -0.3 is 23.8 Å². The van der Waals surface area contributed by atoms with Crippen molar-refractivity contribution in [3.8, 4) is 0 Å². The maximum absolute atomic E-state index is 12.7. The van der Waals surface area contributed by atoms with Crippen LogP contribution in [-0.2, 0) is 28.6 Å². The van der Waals surface area contributed by atoms with E-state index in [9.17, 15) is 19.5 Å². The van der Waals surface area contributed by atoms with Crippen molar-refractivity contribution in [2.24, 2.45) is 0 Å². The van der Waals surface area contributed by atoms with E-state index in [2.05, 4.69) is 74.6 Å². The molecule has 0 bridgehead atoms. The number of ether oxygens (including phenoxy) is 3. The first-order valence-electron chi connectivity index (χ1n) is 20.1. The molecule has 0 saturated heterocycles. The second-order valence-corrected chi connectivity index (χ2v) is 13.9. The number of likely N-dealkylation sites (N-methyl/N-ethyl adjacent to an activating group) is 1. The fourth-order valence-electron chi connectivity index (χ4n) is 4.92. The van der Waals surface area contributed by atoms with Crippen LogP contribution in [0.2, 0.25) is 0 Å². The summed E-state index contributed by atoms with van der Waals surface area (Å²) in [7, 11) is 5.46. The van der Waals surface area contributed by atoms with Gasteiger partial charge in [-0.05, 0) is 64.2 Å². The van der Waals surface area contributed by atoms with Crippen molar-refractivity contribution >= 4 is 17.9 Å². The Kier molecular flexibility index (Phi) is 33.8. The van der Waals surface area contributed by atoms with Gasteiger partial charge >= 0.3 is 17.9 Å². The zero-order chi connectivity index (χ0) is 40.7. The van der Waals surface area contributed by atoms with Gasteiger partial charge in [-0.2, -0.15) is 0 Å². The zero-order valence-electron chi connectivity index (χ0n) is 34.6. The summed E-state index contributed by atoms with van der Waals surface area (Å²) in [6, 6.07) is -0.642. The van der Waals surface area contributed by atoms with Crippen molar-refractivity contribution in [2.75, 3.05) is 41.0 Å². The lowest BCUT2D eigenvalue weighted by atomic mass is 10.1. The minimum absolute atomic E-state index is 0.00769. The van der Waals surface area contributed by atoms with E-state index in [4.69, 9.17) is 14.2 Å². The number of aliphatic carboxylic acids is 1. The van der Waals surface area contributed by atoms with Gasteiger partial charge in [0.15, 0.2) is 12.1 Å². The van der Waals surface area contributed by atoms with Crippen LogP contribution in [0.5, 0.6) is 0 Å². The average molecular weight is 763 g/mol. The number of carbonyl (C=O) groups is 3. The normalized spacial score (nSPS) is 14.3. The molecule has 306 valence electrons. The van der Waals surface area contributed by atoms with Gasteiger partial charge in [-0.15, -0.1) is 0 Å². The standard InChI is InChI=1S/C47H71NO7/c1-6-8-10-12-14-16-18-20-22-24-26-28-30-32-34-36-38-46(50)55-43(41-53-40-39-44(47(51)52)48(3,4)5)42-54-45(49)37-35-33-31-29-27-25-23-21-19-17-15-13-11-9-7-2/h8-11,13-17,19-23,25-28,32,34,43-44H,6-7,12,18,24,29-31,33,35-42H2,1-5H3/p+1/b10-8+,11-9+,15-13+,16-14+,19-17+,22-20+,23-21+,27-25+,28-26+,34-32+. The van der Waals surface area contributed by atoms with Crippen molar-refractivity contribution in [1.29, 1.82) is 0 Å². The summed E-state index contributed by atoms with van der Waals surface area (Å²) in [4.78, 5) is 36.8. The molecule has 0 rings (SSSR count). The van der Waals surface area contributed by atoms with Gasteiger partial charge in [0.1, 0.15) is 6.61 Å². The summed E-state index contributed by atoms with van der Waals surface area (Å²) >= 11 is 0. The van der Waals surface area contributed by atoms with Crippen molar-refractivity contribution in [1.82, 2.24) is 0 Å². The monoisotopic (exact) mass is 763 g/mol. The number of nitrogens with zero attached hydrogens (tertiary/aromatic N) is 1. The molecular formula is C47H72NO7+. The molecule has 0 fully saturated rings. The predicted molar refractivity (Wildman–Crippen MR) is 229 cm³/mol. The van der Waals surface area contributed by atoms with Crippen molar-refractivity contribution in [3.63, 3.8) is 0 Å². The molecule has 0 aromatic rings. The Morgan fingerprint density at radius 3 is 1.64 bits per heavy atom. The van der Waals surface area contributed by atoms with E-state index in [1.807, 2.05) is 81.9 Å². The van der Waals surface area contributed by atoms with E-state index in [0.29, 0.717) is 19.3 Å². The third kappa shape index (κ3) is 35.2. The Morgan fingerprint density at radius 1 is 0.564 bits per heavy atom. The van der Waals surface area contributed by atoms with Crippen molar-refractivity contribution in [2.45, 2.75) is 116 Å². The van der Waals surface area contributed by atoms with Crippen LogP contribution in [0.15, 0.2) is 122 Å². The molecule has 0 aliphatic heterocycles. The third-order valence-corrected chi connectivity index (χ3v) is 8.00. The van der Waals surface area contributed by atoms with Gasteiger partial charge in [0.2, 0.25) is 0 Å². The number of unbranched alkanes of at least 4 members (excludes halogenated alkanes) is 3. The Bertz CT molecular complexity index is 1300. The molecule has 55 heavy (non-hydrogen) atoms. The van der Waals surface area contributed by atoms with Crippen LogP contribution in [0.3, 0.4) is 0 Å². The Labute approximate surface area is 333 Å². The number of rotatable bonds is 33. The number of carbonyl (C=O) groups excluding carboxylic acids is 2. The van der Waals surface area contributed by atoms with Gasteiger partial charge in [0.05, 0.1) is 34.4 Å². The molecule has 0 radical (unpaired) electrons. The van der Waals surface area contributed by atoms with Crippen LogP contribution in [-0.4, -0.2) is 80.6 Å². The summed E-state index contributed by atoms with van der Waals surface area (Å²) < 4.78 is 17.1. The second-order valence-electron chi connectivity index (χ2n) is 13.9. The van der Waals surface area contributed by atoms with Gasteiger partial charge in [-0.25, -0.2) is 4.79 Å². The van der Waals surface area contributed by atoms with Crippen LogP contribution in [0, 0.1) is 0 Å². The fraction of sp³-hybridized carbons (Fsp3) is 0.511. The summed E-state index contributed by atoms with van der Waals surface area (Å²) in [6.07, 6.45) is 51.2. The molecule has 8 nitrogen and oxygen atoms in total. The highest BCUT2D eigenvalue weighted by Gasteiger charge is 2.31. The summed E-state index contributed by atoms with van der Waals surface area (Å²) in [5.41, 5.74) is 0. The number of carboxylic acid groups (broad SMARTS) is 1. The minimum atomic E-state index is -0.900. The van der Waals surface area contributed by atoms with E-state index in [-0.39, 0.29) is 43.1 Å². The SMILES string of the molecule is CC/C=C/C=C/C=C/C=C/C=C/CCCCCC(=O)OCC(COCCC(C(=O)O)[N+](C)(C)C)OC(=O)CC/C=C/C/C=C/C/C=C/C/C=C/C/C=C/CC. The molecule has 0 aliphatic rings. The van der Waals surface area contributed by atoms with Gasteiger partial charge in [0, 0.05) is 19.3 Å². The van der Waals surface area contributed by atoms with Crippen LogP contribution in [0.25, 0.3) is 0 Å². The van der Waals surface area contributed by atoms with Crippen molar-refractivity contribution in [3.05, 3.63) is 122 Å². The summed E-state index contributed by atoms with van der Waals surface area (Å²) in [6.45, 7) is 4.31. The molecule has 0 saturated carbocycles. The Hall–Kier alpha value is -4.27. The molecule has 0 amide bonds. The molecule has 0 spiro atoms. The van der Waals surface area contributed by atoms with E-state index in [1.54, 1.807) is 0 Å². The molecule has 0 heterocycles. The number of hydrogen-bond donors (Lipinski definition) is 1. The van der Waals surface area contributed by atoms with E-state index in [0.717, 1.165) is 57.8 Å². The highest BCUT2D eigenvalue weighted by atomic mass is 16.6. The van der Waals surface area contributed by atoms with Gasteiger partial charge in [0.25, 0.3) is 0 Å². The average Bonchev–Trinajstić information content (AvgIpc) is 3.14. The maximum Gasteiger partial charge on any atom is 0.362 e. The molecule has 8 heteroatoms. The quantitative estimate of drug-likeness (QED) is 0.0234. The Morgan fingerprint density at radius 2 is 1.09 bits per heavy atom. The third-order valence-electron chi connectivity index (χ3n) is 8.00. The first-order chi connectivity index (χ1) is 26.6. The molecular weight excluding hydrogens is 691 g/mol. The highest BCUT2D eigenvalue weighted by Crippen LogP contribution is 2.10. The zero-order valence-corrected chi connectivity index (χ0v) is 34.6. The maximum atomic E-state index is 12.7. The number of allylic oxidation sites excluding steroid dienone is 20. The smallest absolute Gasteiger partial charge is 0.362 e. The van der Waals surface area contributed by atoms with Crippen molar-refractivity contribution < 1.29 is 38.2 Å². The summed E-state index contributed by atoms with van der Waals surface area (Å²) in [5.74, 6) is -1.65. The van der Waals surface area contributed by atoms with Crippen LogP contribution < -0.4 is 0 Å². The number of esters is 2. The van der Waals surface area contributed by atoms with Crippen LogP contribution >= 0.6 is 0 Å². The lowest BCUT2D eigenvalue weighted by molar-refractivity contribution is -0.887. The summed E-state index contributed by atoms with van der Waals surface area (Å²) in [5, 5.41) is 9.60. The van der Waals surface area contributed by atoms with E-state index < -0.39 is 24.1 Å². The minimum Gasteiger partial charge on any atom is -0.477 e. The first-order valence-corrected chi connectivity index (χ1v) is 20.1. The molecule has 2 atom stereocenters. The number of carboxylic acids is 1. The van der Waals surface area contributed by atoms with Gasteiger partial charge in [-0.3, -0.25) is 9.59 Å². The molecule has 2 unspecified atom stereocenters. The highest BCUT2D eigenvalue weighted by molar-refractivity contribution is 5.72. The topological polar surface area (TPSA) is 99.1 Å². The van der Waals surface area contributed by atoms with Crippen LogP contribution in [0.1, 0.15) is 104 Å². The lowest BCUT2D eigenvalue weighted by Crippen LogP contribution is -2.50. The molecule has 0 aromatic heterocycles. The van der Waals surface area contributed by atoms with E-state index in [1.165, 1.54) is 0 Å².